The van der Waals surface area contributed by atoms with Crippen molar-refractivity contribution < 1.29 is 104 Å². The first-order chi connectivity index (χ1) is 29.0. The van der Waals surface area contributed by atoms with Crippen LogP contribution in [-0.4, -0.2) is 226 Å². The van der Waals surface area contributed by atoms with E-state index in [9.17, 15) is 66.1 Å². The van der Waals surface area contributed by atoms with E-state index in [2.05, 4.69) is 0 Å². The zero-order chi connectivity index (χ0) is 43.9. The van der Waals surface area contributed by atoms with Gasteiger partial charge in [0.2, 0.25) is 0 Å². The molecule has 0 aromatic rings. The Morgan fingerprint density at radius 3 is 2.00 bits per heavy atom. The quantitative estimate of drug-likeness (QED) is 0.0525. The molecule has 3 aliphatic carbocycles. The molecule has 3 saturated carbocycles. The van der Waals surface area contributed by atoms with Crippen LogP contribution in [0.2, 0.25) is 0 Å². The van der Waals surface area contributed by atoms with Crippen molar-refractivity contribution in [1.29, 1.82) is 0 Å². The average Bonchev–Trinajstić information content (AvgIpc) is 3.23. The van der Waals surface area contributed by atoms with E-state index in [1.165, 1.54) is 0 Å². The molecule has 4 aliphatic heterocycles. The Bertz CT molecular complexity index is 1410. The number of alkyl halides is 1. The molecule has 0 aromatic heterocycles. The summed E-state index contributed by atoms with van der Waals surface area (Å²) in [4.78, 5) is 12.8. The number of fused-ring (bicyclic) bond motifs is 1. The summed E-state index contributed by atoms with van der Waals surface area (Å²) in [6.45, 7) is -1.58. The Morgan fingerprint density at radius 2 is 1.28 bits per heavy atom. The summed E-state index contributed by atoms with van der Waals surface area (Å²) in [5, 5.41) is 129. The van der Waals surface area contributed by atoms with Gasteiger partial charge in [0.05, 0.1) is 49.5 Å². The van der Waals surface area contributed by atoms with E-state index >= 15 is 0 Å². The van der Waals surface area contributed by atoms with Gasteiger partial charge >= 0.3 is 5.97 Å². The van der Waals surface area contributed by atoms with Crippen LogP contribution in [0, 0.1) is 17.8 Å². The molecule has 352 valence electrons. The van der Waals surface area contributed by atoms with Crippen LogP contribution in [0.4, 0.5) is 0 Å². The van der Waals surface area contributed by atoms with Crippen molar-refractivity contribution in [3.8, 4) is 0 Å². The van der Waals surface area contributed by atoms with Crippen LogP contribution in [0.1, 0.15) is 64.2 Å². The second-order valence-electron chi connectivity index (χ2n) is 18.0. The minimum absolute atomic E-state index is 0.0285. The van der Waals surface area contributed by atoms with E-state index in [4.69, 9.17) is 49.5 Å². The smallest absolute Gasteiger partial charge is 0.309 e. The Morgan fingerprint density at radius 1 is 0.607 bits per heavy atom. The third-order valence-electron chi connectivity index (χ3n) is 13.7. The Labute approximate surface area is 356 Å². The normalized spacial score (nSPS) is 52.2. The van der Waals surface area contributed by atoms with Gasteiger partial charge in [0, 0.05) is 24.1 Å². The second-order valence-corrected chi connectivity index (χ2v) is 18.6. The molecule has 23 atom stereocenters. The van der Waals surface area contributed by atoms with Crippen LogP contribution in [0.5, 0.6) is 0 Å². The van der Waals surface area contributed by atoms with Crippen molar-refractivity contribution in [3.05, 3.63) is 0 Å². The fourth-order valence-electron chi connectivity index (χ4n) is 9.98. The molecule has 13 N–H and O–H groups in total. The van der Waals surface area contributed by atoms with Gasteiger partial charge in [-0.3, -0.25) is 4.79 Å². The van der Waals surface area contributed by atoms with Gasteiger partial charge in [0.1, 0.15) is 79.9 Å². The third-order valence-corrected chi connectivity index (χ3v) is 14.2. The molecule has 0 aromatic carbocycles. The SMILES string of the molecule is O=C(OC[C@H]1O[C@@H](OC[C@H]2O[C@@H](OC3CC4C(O)CC(O)CC4[OH+]C3C3CCC(O)C(O)C3)[C@H](O[C@@H]3OC[C@@H](O)[C@H](O)[C@H]3O)[C@@H](O)[C@H]2O)[C@H](O)[C@@H](O)[C@@H]1O)C1CCC(Cl)CC1. The lowest BCUT2D eigenvalue weighted by Gasteiger charge is -2.49. The number of esters is 1. The summed E-state index contributed by atoms with van der Waals surface area (Å²) in [6, 6.07) is 0. The van der Waals surface area contributed by atoms with Gasteiger partial charge in [-0.15, -0.1) is 11.6 Å². The molecule has 7 rings (SSSR count). The molecule has 61 heavy (non-hydrogen) atoms. The molecule has 4 heterocycles. The van der Waals surface area contributed by atoms with E-state index in [-0.39, 0.29) is 43.4 Å². The summed E-state index contributed by atoms with van der Waals surface area (Å²) in [5.74, 6) is -1.73. The van der Waals surface area contributed by atoms with E-state index in [1.54, 1.807) is 0 Å². The highest BCUT2D eigenvalue weighted by molar-refractivity contribution is 6.20. The van der Waals surface area contributed by atoms with Crippen LogP contribution in [0.3, 0.4) is 0 Å². The zero-order valence-electron chi connectivity index (χ0n) is 33.6. The maximum Gasteiger partial charge on any atom is 0.309 e. The van der Waals surface area contributed by atoms with Crippen LogP contribution in [-0.2, 0) is 38.0 Å². The van der Waals surface area contributed by atoms with Crippen LogP contribution in [0.25, 0.3) is 0 Å². The summed E-state index contributed by atoms with van der Waals surface area (Å²) >= 11 is 6.15. The number of rotatable bonds is 11. The highest BCUT2D eigenvalue weighted by Gasteiger charge is 2.56. The summed E-state index contributed by atoms with van der Waals surface area (Å²) < 4.78 is 46.2. The van der Waals surface area contributed by atoms with E-state index < -0.39 is 166 Å². The molecule has 0 spiro atoms. The lowest BCUT2D eigenvalue weighted by molar-refractivity contribution is -0.385. The lowest BCUT2D eigenvalue weighted by atomic mass is 9.72. The van der Waals surface area contributed by atoms with E-state index in [0.29, 0.717) is 32.1 Å². The van der Waals surface area contributed by atoms with Gasteiger partial charge in [-0.25, -0.2) is 0 Å². The fraction of sp³-hybridized carbons (Fsp3) is 0.974. The minimum atomic E-state index is -1.88. The fourth-order valence-corrected chi connectivity index (χ4v) is 10.2. The number of halogens is 1. The van der Waals surface area contributed by atoms with Gasteiger partial charge in [0.15, 0.2) is 31.1 Å². The van der Waals surface area contributed by atoms with Crippen molar-refractivity contribution >= 4 is 17.6 Å². The Hall–Kier alpha value is -1.00. The standard InChI is InChI=1S/C39H63ClO21/c40-16-4-1-14(2-5-16)36(53)54-12-25-28(47)30(49)33(52)37(59-25)56-13-26-29(48)31(50)35(61-38-32(51)27(46)22(45)11-55-38)39(60-26)58-24-10-18-20(43)8-17(41)9-23(18)57-34(24)15-3-6-19(42)21(44)7-15/h14-35,37-39,41-52H,1-13H2/p+1/t14?,15?,16?,17?,18?,19?,20?,21?,22-,23?,24?,25-,26-,27+,28-,29+,30+,31+,32-,33-,34?,35-,37-,38+,39-/m1/s1. The van der Waals surface area contributed by atoms with Crippen LogP contribution >= 0.6 is 11.6 Å². The second kappa shape index (κ2) is 20.7. The first-order valence-electron chi connectivity index (χ1n) is 21.5. The van der Waals surface area contributed by atoms with Crippen molar-refractivity contribution in [3.63, 3.8) is 0 Å². The Balaban J connectivity index is 1.08. The first kappa shape index (κ1) is 47.9. The predicted molar refractivity (Wildman–Crippen MR) is 202 cm³/mol. The number of hydrogen-bond donors (Lipinski definition) is 12. The molecule has 0 bridgehead atoms. The molecule has 7 aliphatic rings. The third kappa shape index (κ3) is 10.8. The van der Waals surface area contributed by atoms with Gasteiger partial charge in [-0.2, -0.15) is 0 Å². The number of hydrogen-bond acceptors (Lipinski definition) is 20. The molecule has 7 fully saturated rings. The molecule has 4 saturated heterocycles. The maximum atomic E-state index is 12.8. The van der Waals surface area contributed by atoms with Gasteiger partial charge in [-0.1, -0.05) is 0 Å². The monoisotopic (exact) mass is 903 g/mol. The molecule has 0 radical (unpaired) electrons. The van der Waals surface area contributed by atoms with Gasteiger partial charge < -0.3 is 99.2 Å². The number of ether oxygens (including phenoxy) is 8. The van der Waals surface area contributed by atoms with Gasteiger partial charge in [-0.05, 0) is 51.4 Å². The number of aliphatic hydroxyl groups is 14. The summed E-state index contributed by atoms with van der Waals surface area (Å²) in [6.07, 6.45) is -25.5. The minimum Gasteiger partial charge on any atom is -0.463 e. The van der Waals surface area contributed by atoms with Crippen LogP contribution < -0.4 is 0 Å². The van der Waals surface area contributed by atoms with Gasteiger partial charge in [0.25, 0.3) is 0 Å². The molecule has 21 nitrogen and oxygen atoms in total. The lowest BCUT2D eigenvalue weighted by Crippen LogP contribution is -2.65. The van der Waals surface area contributed by atoms with Crippen molar-refractivity contribution in [2.75, 3.05) is 19.8 Å². The average molecular weight is 904 g/mol. The molecule has 22 heteroatoms. The van der Waals surface area contributed by atoms with E-state index in [1.807, 2.05) is 0 Å². The molecule has 9 unspecified atom stereocenters. The largest absolute Gasteiger partial charge is 0.463 e. The predicted octanol–water partition coefficient (Wildman–Crippen LogP) is -4.87. The topological polar surface area (TPSA) is 337 Å². The molecular weight excluding hydrogens is 840 g/mol. The van der Waals surface area contributed by atoms with Crippen molar-refractivity contribution in [2.45, 2.75) is 198 Å². The Kier molecular flexibility index (Phi) is 16.2. The van der Waals surface area contributed by atoms with Crippen molar-refractivity contribution in [1.82, 2.24) is 0 Å². The maximum absolute atomic E-state index is 12.8. The highest BCUT2D eigenvalue weighted by atomic mass is 35.5. The molecular formula is C39H64ClO21+. The number of carbonyl (C=O) groups is 1. The highest BCUT2D eigenvalue weighted by Crippen LogP contribution is 2.43. The first-order valence-corrected chi connectivity index (χ1v) is 22.0. The number of aliphatic hydroxyl groups excluding tert-OH is 12. The molecule has 0 amide bonds. The summed E-state index contributed by atoms with van der Waals surface area (Å²) in [5.41, 5.74) is 0. The van der Waals surface area contributed by atoms with E-state index in [0.717, 1.165) is 0 Å². The summed E-state index contributed by atoms with van der Waals surface area (Å²) in [7, 11) is 0. The van der Waals surface area contributed by atoms with Crippen LogP contribution in [0.15, 0.2) is 0 Å². The number of carbonyl (C=O) groups excluding carboxylic acids is 1. The van der Waals surface area contributed by atoms with Crippen molar-refractivity contribution in [2.24, 2.45) is 17.8 Å². The zero-order valence-corrected chi connectivity index (χ0v) is 34.3.